The summed E-state index contributed by atoms with van der Waals surface area (Å²) in [5.74, 6) is -1.71. The number of carboxylic acid groups (broad SMARTS) is 1. The third-order valence-electron chi connectivity index (χ3n) is 2.43. The molecule has 0 aliphatic rings. The highest BCUT2D eigenvalue weighted by Gasteiger charge is 2.18. The Balaban J connectivity index is 2.95. The molecule has 1 rings (SSSR count). The molecule has 0 saturated heterocycles. The molecule has 7 heteroatoms. The van der Waals surface area contributed by atoms with E-state index in [1.54, 1.807) is 6.92 Å². The van der Waals surface area contributed by atoms with Gasteiger partial charge in [0.15, 0.2) is 0 Å². The van der Waals surface area contributed by atoms with Crippen molar-refractivity contribution in [1.29, 1.82) is 0 Å². The lowest BCUT2D eigenvalue weighted by Crippen LogP contribution is -2.22. The van der Waals surface area contributed by atoms with Crippen molar-refractivity contribution in [1.82, 2.24) is 0 Å². The number of nitrogens with zero attached hydrogens (tertiary/aromatic N) is 1. The second kappa shape index (κ2) is 5.95. The number of nitro groups is 1. The number of hydrogen-bond acceptors (Lipinski definition) is 4. The maximum Gasteiger partial charge on any atom is 0.305 e. The van der Waals surface area contributed by atoms with Crippen molar-refractivity contribution in [2.45, 2.75) is 25.8 Å². The maximum atomic E-state index is 12.9. The zero-order valence-corrected chi connectivity index (χ0v) is 9.72. The fourth-order valence-corrected chi connectivity index (χ4v) is 1.51. The topological polar surface area (TPSA) is 92.5 Å². The van der Waals surface area contributed by atoms with Gasteiger partial charge in [-0.05, 0) is 18.6 Å². The molecule has 0 radical (unpaired) electrons. The quantitative estimate of drug-likeness (QED) is 0.602. The lowest BCUT2D eigenvalue weighted by atomic mass is 10.1. The molecule has 0 saturated carbocycles. The van der Waals surface area contributed by atoms with E-state index < -0.39 is 28.4 Å². The summed E-state index contributed by atoms with van der Waals surface area (Å²) in [7, 11) is 0. The third-order valence-corrected chi connectivity index (χ3v) is 2.43. The number of aliphatic carboxylic acids is 1. The normalized spacial score (nSPS) is 11.9. The van der Waals surface area contributed by atoms with Crippen LogP contribution in [0.1, 0.15) is 19.8 Å². The fourth-order valence-electron chi connectivity index (χ4n) is 1.51. The van der Waals surface area contributed by atoms with Gasteiger partial charge in [-0.3, -0.25) is 14.9 Å². The Hall–Kier alpha value is -2.18. The van der Waals surface area contributed by atoms with Crippen LogP contribution in [0.15, 0.2) is 18.2 Å². The summed E-state index contributed by atoms with van der Waals surface area (Å²) in [4.78, 5) is 20.6. The van der Waals surface area contributed by atoms with E-state index in [0.717, 1.165) is 12.1 Å². The highest BCUT2D eigenvalue weighted by atomic mass is 19.1. The molecule has 0 spiro atoms. The van der Waals surface area contributed by atoms with Crippen LogP contribution >= 0.6 is 0 Å². The summed E-state index contributed by atoms with van der Waals surface area (Å²) in [5, 5.41) is 22.2. The Bertz CT molecular complexity index is 464. The van der Waals surface area contributed by atoms with Gasteiger partial charge in [0, 0.05) is 6.04 Å². The van der Waals surface area contributed by atoms with Gasteiger partial charge in [-0.1, -0.05) is 6.92 Å². The number of anilines is 1. The van der Waals surface area contributed by atoms with Crippen LogP contribution < -0.4 is 5.32 Å². The minimum Gasteiger partial charge on any atom is -0.481 e. The largest absolute Gasteiger partial charge is 0.481 e. The van der Waals surface area contributed by atoms with Crippen LogP contribution in [-0.2, 0) is 4.79 Å². The second-order valence-corrected chi connectivity index (χ2v) is 3.77. The van der Waals surface area contributed by atoms with Crippen LogP contribution in [0, 0.1) is 15.9 Å². The van der Waals surface area contributed by atoms with Gasteiger partial charge in [0.1, 0.15) is 11.5 Å². The summed E-state index contributed by atoms with van der Waals surface area (Å²) in [5.41, 5.74) is -0.284. The van der Waals surface area contributed by atoms with Gasteiger partial charge in [0.05, 0.1) is 17.4 Å². The Labute approximate surface area is 103 Å². The molecule has 1 unspecified atom stereocenters. The van der Waals surface area contributed by atoms with E-state index in [1.165, 1.54) is 6.07 Å². The van der Waals surface area contributed by atoms with E-state index in [-0.39, 0.29) is 12.1 Å². The highest BCUT2D eigenvalue weighted by Crippen LogP contribution is 2.26. The molecule has 0 bridgehead atoms. The Morgan fingerprint density at radius 1 is 1.61 bits per heavy atom. The Morgan fingerprint density at radius 2 is 2.28 bits per heavy atom. The van der Waals surface area contributed by atoms with Crippen molar-refractivity contribution in [3.05, 3.63) is 34.1 Å². The molecular weight excluding hydrogens is 243 g/mol. The molecule has 6 nitrogen and oxygen atoms in total. The van der Waals surface area contributed by atoms with Crippen LogP contribution in [0.2, 0.25) is 0 Å². The van der Waals surface area contributed by atoms with E-state index in [1.807, 2.05) is 0 Å². The molecule has 0 aliphatic heterocycles. The van der Waals surface area contributed by atoms with Gasteiger partial charge in [0.25, 0.3) is 5.69 Å². The van der Waals surface area contributed by atoms with Gasteiger partial charge in [-0.2, -0.15) is 0 Å². The minimum absolute atomic E-state index is 0.120. The lowest BCUT2D eigenvalue weighted by Gasteiger charge is -2.16. The Morgan fingerprint density at radius 3 is 2.78 bits per heavy atom. The smallest absolute Gasteiger partial charge is 0.305 e. The monoisotopic (exact) mass is 256 g/mol. The number of rotatable bonds is 6. The number of nitro benzene ring substituents is 1. The first-order valence-electron chi connectivity index (χ1n) is 5.36. The van der Waals surface area contributed by atoms with Crippen molar-refractivity contribution >= 4 is 17.3 Å². The van der Waals surface area contributed by atoms with Crippen LogP contribution in [0.25, 0.3) is 0 Å². The van der Waals surface area contributed by atoms with E-state index in [2.05, 4.69) is 5.32 Å². The predicted molar refractivity (Wildman–Crippen MR) is 63.0 cm³/mol. The van der Waals surface area contributed by atoms with Crippen LogP contribution in [0.3, 0.4) is 0 Å². The van der Waals surface area contributed by atoms with E-state index in [9.17, 15) is 19.3 Å². The van der Waals surface area contributed by atoms with E-state index in [4.69, 9.17) is 5.11 Å². The van der Waals surface area contributed by atoms with E-state index >= 15 is 0 Å². The highest BCUT2D eigenvalue weighted by molar-refractivity contribution is 5.69. The van der Waals surface area contributed by atoms with Crippen LogP contribution in [0.4, 0.5) is 15.8 Å². The molecule has 1 atom stereocenters. The zero-order chi connectivity index (χ0) is 13.7. The van der Waals surface area contributed by atoms with Crippen molar-refractivity contribution in [3.63, 3.8) is 0 Å². The van der Waals surface area contributed by atoms with Crippen LogP contribution in [0.5, 0.6) is 0 Å². The fraction of sp³-hybridized carbons (Fsp3) is 0.364. The summed E-state index contributed by atoms with van der Waals surface area (Å²) in [6.07, 6.45) is 0.325. The van der Waals surface area contributed by atoms with Gasteiger partial charge in [-0.25, -0.2) is 4.39 Å². The number of carbonyl (C=O) groups is 1. The number of benzene rings is 1. The number of hydrogen-bond donors (Lipinski definition) is 2. The van der Waals surface area contributed by atoms with Gasteiger partial charge in [0.2, 0.25) is 0 Å². The number of halogens is 1. The first-order chi connectivity index (χ1) is 8.43. The Kier molecular flexibility index (Phi) is 4.59. The number of nitrogens with one attached hydrogen (secondary N) is 1. The summed E-state index contributed by atoms with van der Waals surface area (Å²) < 4.78 is 12.9. The molecule has 2 N–H and O–H groups in total. The predicted octanol–water partition coefficient (Wildman–Crippen LogP) is 2.40. The number of carboxylic acids is 1. The molecule has 0 aromatic heterocycles. The molecule has 1 aromatic carbocycles. The average molecular weight is 256 g/mol. The molecule has 1 aromatic rings. The molecular formula is C11H13FN2O4. The first kappa shape index (κ1) is 13.9. The first-order valence-corrected chi connectivity index (χ1v) is 5.36. The van der Waals surface area contributed by atoms with Gasteiger partial charge >= 0.3 is 5.97 Å². The van der Waals surface area contributed by atoms with Crippen molar-refractivity contribution in [2.24, 2.45) is 0 Å². The summed E-state index contributed by atoms with van der Waals surface area (Å²) in [6.45, 7) is 1.76. The summed E-state index contributed by atoms with van der Waals surface area (Å²) in [6, 6.07) is 2.68. The molecule has 0 aliphatic carbocycles. The maximum absolute atomic E-state index is 12.9. The standard InChI is InChI=1S/C11H13FN2O4/c1-2-8(6-11(15)16)13-9-4-3-7(12)5-10(9)14(17)18/h3-5,8,13H,2,6H2,1H3,(H,15,16). The molecule has 98 valence electrons. The van der Waals surface area contributed by atoms with Gasteiger partial charge < -0.3 is 10.4 Å². The van der Waals surface area contributed by atoms with Crippen LogP contribution in [-0.4, -0.2) is 22.0 Å². The lowest BCUT2D eigenvalue weighted by molar-refractivity contribution is -0.384. The summed E-state index contributed by atoms with van der Waals surface area (Å²) >= 11 is 0. The molecule has 0 heterocycles. The van der Waals surface area contributed by atoms with E-state index in [0.29, 0.717) is 6.42 Å². The zero-order valence-electron chi connectivity index (χ0n) is 9.72. The van der Waals surface area contributed by atoms with Crippen molar-refractivity contribution in [2.75, 3.05) is 5.32 Å². The molecule has 18 heavy (non-hydrogen) atoms. The SMILES string of the molecule is CCC(CC(=O)O)Nc1ccc(F)cc1[N+](=O)[O-]. The van der Waals surface area contributed by atoms with Gasteiger partial charge in [-0.15, -0.1) is 0 Å². The average Bonchev–Trinajstić information content (AvgIpc) is 2.29. The molecule has 0 amide bonds. The molecule has 0 fully saturated rings. The minimum atomic E-state index is -1.00. The third kappa shape index (κ3) is 3.69. The van der Waals surface area contributed by atoms with Crippen molar-refractivity contribution < 1.29 is 19.2 Å². The van der Waals surface area contributed by atoms with Crippen molar-refractivity contribution in [3.8, 4) is 0 Å². The second-order valence-electron chi connectivity index (χ2n) is 3.77.